The van der Waals surface area contributed by atoms with Crippen molar-refractivity contribution in [1.29, 1.82) is 0 Å². The van der Waals surface area contributed by atoms with Gasteiger partial charge in [0.15, 0.2) is 0 Å². The van der Waals surface area contributed by atoms with Gasteiger partial charge >= 0.3 is 0 Å². The molecule has 4 rings (SSSR count). The summed E-state index contributed by atoms with van der Waals surface area (Å²) in [6.45, 7) is 2.12. The van der Waals surface area contributed by atoms with E-state index >= 15 is 0 Å². The van der Waals surface area contributed by atoms with Gasteiger partial charge in [0.1, 0.15) is 0 Å². The number of hydrogen-bond donors (Lipinski definition) is 0. The fourth-order valence-electron chi connectivity index (χ4n) is 3.38. The summed E-state index contributed by atoms with van der Waals surface area (Å²) < 4.78 is 7.53. The van der Waals surface area contributed by atoms with Crippen molar-refractivity contribution in [2.45, 2.75) is 25.4 Å². The molecule has 1 aliphatic rings. The Morgan fingerprint density at radius 1 is 1.08 bits per heavy atom. The van der Waals surface area contributed by atoms with Gasteiger partial charge in [0, 0.05) is 47.8 Å². The van der Waals surface area contributed by atoms with E-state index in [9.17, 15) is 4.79 Å². The zero-order valence-corrected chi connectivity index (χ0v) is 15.4. The maximum Gasteiger partial charge on any atom is 0.254 e. The van der Waals surface area contributed by atoms with Crippen molar-refractivity contribution in [3.63, 3.8) is 0 Å². The highest BCUT2D eigenvalue weighted by atomic mass is 32.1. The van der Waals surface area contributed by atoms with Crippen molar-refractivity contribution in [2.24, 2.45) is 0 Å². The molecule has 0 saturated carbocycles. The number of benzene rings is 1. The zero-order chi connectivity index (χ0) is 17.8. The first-order valence-corrected chi connectivity index (χ1v) is 9.84. The molecule has 3 aromatic rings. The monoisotopic (exact) mass is 366 g/mol. The Balaban J connectivity index is 1.56. The highest BCUT2D eigenvalue weighted by Gasteiger charge is 2.27. The van der Waals surface area contributed by atoms with E-state index in [0.29, 0.717) is 6.54 Å². The zero-order valence-electron chi connectivity index (χ0n) is 14.6. The third kappa shape index (κ3) is 3.74. The van der Waals surface area contributed by atoms with Gasteiger partial charge < -0.3 is 14.2 Å². The normalized spacial score (nSPS) is 15.1. The van der Waals surface area contributed by atoms with E-state index in [1.54, 1.807) is 11.3 Å². The van der Waals surface area contributed by atoms with E-state index in [1.807, 2.05) is 64.3 Å². The molecule has 1 saturated heterocycles. The molecule has 26 heavy (non-hydrogen) atoms. The highest BCUT2D eigenvalue weighted by molar-refractivity contribution is 7.09. The van der Waals surface area contributed by atoms with E-state index in [1.165, 1.54) is 4.88 Å². The Morgan fingerprint density at radius 3 is 2.46 bits per heavy atom. The minimum Gasteiger partial charge on any atom is -0.381 e. The molecule has 0 radical (unpaired) electrons. The molecule has 4 nitrogen and oxygen atoms in total. The topological polar surface area (TPSA) is 34.5 Å². The Labute approximate surface area is 157 Å². The number of nitrogens with zero attached hydrogens (tertiary/aromatic N) is 2. The molecule has 3 heterocycles. The van der Waals surface area contributed by atoms with Crippen molar-refractivity contribution in [2.75, 3.05) is 13.2 Å². The average Bonchev–Trinajstić information content (AvgIpc) is 3.40. The Kier molecular flexibility index (Phi) is 5.18. The van der Waals surface area contributed by atoms with Gasteiger partial charge in [0.25, 0.3) is 5.91 Å². The molecular weight excluding hydrogens is 344 g/mol. The number of carbonyl (C=O) groups excluding carboxylic acids is 1. The Hall–Kier alpha value is -2.37. The SMILES string of the molecule is O=C(c1ccc(-n2cccc2)cc1)N(Cc1cccs1)C1CCOCC1. The molecular formula is C21H22N2O2S. The minimum absolute atomic E-state index is 0.101. The number of rotatable bonds is 5. The third-order valence-corrected chi connectivity index (χ3v) is 5.68. The van der Waals surface area contributed by atoms with Crippen LogP contribution in [0.3, 0.4) is 0 Å². The van der Waals surface area contributed by atoms with E-state index < -0.39 is 0 Å². The summed E-state index contributed by atoms with van der Waals surface area (Å²) in [5, 5.41) is 2.06. The molecule has 0 unspecified atom stereocenters. The summed E-state index contributed by atoms with van der Waals surface area (Å²) in [5.41, 5.74) is 1.80. The molecule has 0 bridgehead atoms. The van der Waals surface area contributed by atoms with Crippen LogP contribution in [0.25, 0.3) is 5.69 Å². The van der Waals surface area contributed by atoms with Crippen molar-refractivity contribution < 1.29 is 9.53 Å². The van der Waals surface area contributed by atoms with Crippen molar-refractivity contribution >= 4 is 17.2 Å². The Bertz CT molecular complexity index is 820. The van der Waals surface area contributed by atoms with Gasteiger partial charge in [0.05, 0.1) is 6.54 Å². The lowest BCUT2D eigenvalue weighted by molar-refractivity contribution is 0.0270. The van der Waals surface area contributed by atoms with Crippen LogP contribution in [0.1, 0.15) is 28.1 Å². The average molecular weight is 366 g/mol. The van der Waals surface area contributed by atoms with Crippen LogP contribution < -0.4 is 0 Å². The van der Waals surface area contributed by atoms with Crippen molar-refractivity contribution in [3.05, 3.63) is 76.7 Å². The number of thiophene rings is 1. The predicted molar refractivity (Wildman–Crippen MR) is 104 cm³/mol. The molecule has 5 heteroatoms. The Morgan fingerprint density at radius 2 is 1.81 bits per heavy atom. The second-order valence-electron chi connectivity index (χ2n) is 6.49. The van der Waals surface area contributed by atoms with E-state index in [4.69, 9.17) is 4.74 Å². The lowest BCUT2D eigenvalue weighted by Gasteiger charge is -2.34. The van der Waals surface area contributed by atoms with Gasteiger partial charge in [-0.3, -0.25) is 4.79 Å². The van der Waals surface area contributed by atoms with Crippen molar-refractivity contribution in [3.8, 4) is 5.69 Å². The fourth-order valence-corrected chi connectivity index (χ4v) is 4.09. The van der Waals surface area contributed by atoms with E-state index in [2.05, 4.69) is 11.4 Å². The number of aromatic nitrogens is 1. The maximum absolute atomic E-state index is 13.3. The quantitative estimate of drug-likeness (QED) is 0.672. The van der Waals surface area contributed by atoms with E-state index in [0.717, 1.165) is 37.3 Å². The van der Waals surface area contributed by atoms with Crippen LogP contribution >= 0.6 is 11.3 Å². The molecule has 1 aromatic carbocycles. The number of amides is 1. The first kappa shape index (κ1) is 17.1. The third-order valence-electron chi connectivity index (χ3n) is 4.82. The van der Waals surface area contributed by atoms with Gasteiger partial charge in [-0.25, -0.2) is 0 Å². The van der Waals surface area contributed by atoms with Crippen molar-refractivity contribution in [1.82, 2.24) is 9.47 Å². The van der Waals surface area contributed by atoms with Gasteiger partial charge in [0.2, 0.25) is 0 Å². The van der Waals surface area contributed by atoms with Gasteiger partial charge in [-0.1, -0.05) is 6.07 Å². The first-order valence-electron chi connectivity index (χ1n) is 8.96. The molecule has 1 aliphatic heterocycles. The van der Waals surface area contributed by atoms with Crippen LogP contribution in [0.5, 0.6) is 0 Å². The molecule has 0 atom stereocenters. The van der Waals surface area contributed by atoms with Gasteiger partial charge in [-0.15, -0.1) is 11.3 Å². The largest absolute Gasteiger partial charge is 0.381 e. The molecule has 2 aromatic heterocycles. The molecule has 0 spiro atoms. The minimum atomic E-state index is 0.101. The van der Waals surface area contributed by atoms with Crippen LogP contribution in [-0.2, 0) is 11.3 Å². The molecule has 1 amide bonds. The van der Waals surface area contributed by atoms with Crippen LogP contribution in [0.15, 0.2) is 66.3 Å². The summed E-state index contributed by atoms with van der Waals surface area (Å²) in [7, 11) is 0. The number of ether oxygens (including phenoxy) is 1. The predicted octanol–water partition coefficient (Wildman–Crippen LogP) is 4.36. The van der Waals surface area contributed by atoms with Gasteiger partial charge in [-0.2, -0.15) is 0 Å². The van der Waals surface area contributed by atoms with E-state index in [-0.39, 0.29) is 11.9 Å². The standard InChI is InChI=1S/C21H22N2O2S/c24-21(17-5-7-18(8-6-17)22-11-1-2-12-22)23(16-20-4-3-15-26-20)19-9-13-25-14-10-19/h1-8,11-12,15,19H,9-10,13-14,16H2. The molecule has 0 N–H and O–H groups in total. The maximum atomic E-state index is 13.3. The smallest absolute Gasteiger partial charge is 0.254 e. The lowest BCUT2D eigenvalue weighted by Crippen LogP contribution is -2.42. The number of carbonyl (C=O) groups is 1. The summed E-state index contributed by atoms with van der Waals surface area (Å²) in [4.78, 5) is 16.5. The highest BCUT2D eigenvalue weighted by Crippen LogP contribution is 2.23. The fraction of sp³-hybridized carbons (Fsp3) is 0.286. The molecule has 134 valence electrons. The van der Waals surface area contributed by atoms with Gasteiger partial charge in [-0.05, 0) is 60.7 Å². The van der Waals surface area contributed by atoms with Crippen LogP contribution in [0, 0.1) is 0 Å². The van der Waals surface area contributed by atoms with Crippen LogP contribution in [-0.4, -0.2) is 34.6 Å². The molecule has 1 fully saturated rings. The second-order valence-corrected chi connectivity index (χ2v) is 7.53. The summed E-state index contributed by atoms with van der Waals surface area (Å²) in [6.07, 6.45) is 5.81. The summed E-state index contributed by atoms with van der Waals surface area (Å²) in [6, 6.07) is 16.2. The molecule has 0 aliphatic carbocycles. The number of hydrogen-bond acceptors (Lipinski definition) is 3. The summed E-state index contributed by atoms with van der Waals surface area (Å²) >= 11 is 1.70. The van der Waals surface area contributed by atoms with Crippen LogP contribution in [0.2, 0.25) is 0 Å². The van der Waals surface area contributed by atoms with Crippen LogP contribution in [0.4, 0.5) is 0 Å². The second kappa shape index (κ2) is 7.89. The first-order chi connectivity index (χ1) is 12.8. The summed E-state index contributed by atoms with van der Waals surface area (Å²) in [5.74, 6) is 0.101. The lowest BCUT2D eigenvalue weighted by atomic mass is 10.0.